The van der Waals surface area contributed by atoms with E-state index in [0.29, 0.717) is 22.4 Å². The highest BCUT2D eigenvalue weighted by Crippen LogP contribution is 2.31. The van der Waals surface area contributed by atoms with Gasteiger partial charge in [-0.1, -0.05) is 41.0 Å². The van der Waals surface area contributed by atoms with Gasteiger partial charge in [0.25, 0.3) is 5.91 Å². The number of ether oxygens (including phenoxy) is 1. The third kappa shape index (κ3) is 3.04. The quantitative estimate of drug-likeness (QED) is 0.795. The van der Waals surface area contributed by atoms with E-state index in [1.54, 1.807) is 25.1 Å². The average Bonchev–Trinajstić information content (AvgIpc) is 2.92. The molecule has 0 unspecified atom stereocenters. The first-order chi connectivity index (χ1) is 10.6. The Labute approximate surface area is 131 Å². The topological polar surface area (TPSA) is 64.4 Å². The molecule has 22 heavy (non-hydrogen) atoms. The Morgan fingerprint density at radius 1 is 1.27 bits per heavy atom. The summed E-state index contributed by atoms with van der Waals surface area (Å²) in [5, 5.41) is 8.68. The molecule has 1 heterocycles. The van der Waals surface area contributed by atoms with Crippen LogP contribution in [-0.4, -0.2) is 17.7 Å². The Hall–Kier alpha value is -2.53. The molecule has 0 aliphatic carbocycles. The van der Waals surface area contributed by atoms with E-state index < -0.39 is 0 Å². The van der Waals surface area contributed by atoms with Crippen LogP contribution in [0.4, 0.5) is 5.82 Å². The van der Waals surface area contributed by atoms with Gasteiger partial charge in [0.05, 0.1) is 0 Å². The standard InChI is InChI=1S/C16H13ClN2O3/c1-10-8-15(19-22-10)18-16(20)9-21-14-7-6-13(17)11-4-2-3-5-12(11)14/h2-8H,9H2,1H3,(H,18,19,20). The maximum atomic E-state index is 11.9. The van der Waals surface area contributed by atoms with Gasteiger partial charge < -0.3 is 14.6 Å². The van der Waals surface area contributed by atoms with Crippen LogP contribution in [0.3, 0.4) is 0 Å². The molecule has 0 saturated carbocycles. The lowest BCUT2D eigenvalue weighted by Crippen LogP contribution is -2.20. The molecule has 0 atom stereocenters. The first-order valence-electron chi connectivity index (χ1n) is 6.67. The molecule has 1 N–H and O–H groups in total. The number of carbonyl (C=O) groups excluding carboxylic acids is 1. The number of aromatic nitrogens is 1. The van der Waals surface area contributed by atoms with Crippen molar-refractivity contribution in [1.82, 2.24) is 5.16 Å². The molecule has 5 nitrogen and oxygen atoms in total. The zero-order chi connectivity index (χ0) is 15.5. The Balaban J connectivity index is 1.71. The van der Waals surface area contributed by atoms with E-state index in [1.807, 2.05) is 24.3 Å². The molecule has 0 aliphatic heterocycles. The molecule has 6 heteroatoms. The molecule has 0 radical (unpaired) electrons. The van der Waals surface area contributed by atoms with Crippen LogP contribution in [0.5, 0.6) is 5.75 Å². The van der Waals surface area contributed by atoms with Gasteiger partial charge >= 0.3 is 0 Å². The molecule has 3 rings (SSSR count). The number of halogens is 1. The molecular formula is C16H13ClN2O3. The van der Waals surface area contributed by atoms with Crippen molar-refractivity contribution in [3.63, 3.8) is 0 Å². The van der Waals surface area contributed by atoms with Gasteiger partial charge in [0.2, 0.25) is 0 Å². The largest absolute Gasteiger partial charge is 0.483 e. The van der Waals surface area contributed by atoms with Crippen molar-refractivity contribution in [2.75, 3.05) is 11.9 Å². The van der Waals surface area contributed by atoms with Crippen molar-refractivity contribution in [2.45, 2.75) is 6.92 Å². The zero-order valence-electron chi connectivity index (χ0n) is 11.8. The molecule has 2 aromatic carbocycles. The second-order valence-electron chi connectivity index (χ2n) is 4.75. The minimum atomic E-state index is -0.313. The molecule has 0 bridgehead atoms. The highest BCUT2D eigenvalue weighted by molar-refractivity contribution is 6.35. The fraction of sp³-hybridized carbons (Fsp3) is 0.125. The summed E-state index contributed by atoms with van der Waals surface area (Å²) in [4.78, 5) is 11.9. The van der Waals surface area contributed by atoms with Gasteiger partial charge in [-0.05, 0) is 19.1 Å². The third-order valence-corrected chi connectivity index (χ3v) is 3.41. The molecule has 1 amide bonds. The Kier molecular flexibility index (Phi) is 3.98. The lowest BCUT2D eigenvalue weighted by molar-refractivity contribution is -0.118. The van der Waals surface area contributed by atoms with Gasteiger partial charge in [-0.15, -0.1) is 0 Å². The first-order valence-corrected chi connectivity index (χ1v) is 7.04. The highest BCUT2D eigenvalue weighted by Gasteiger charge is 2.09. The molecular weight excluding hydrogens is 304 g/mol. The van der Waals surface area contributed by atoms with E-state index in [2.05, 4.69) is 10.5 Å². The maximum absolute atomic E-state index is 11.9. The summed E-state index contributed by atoms with van der Waals surface area (Å²) in [6.45, 7) is 1.62. The lowest BCUT2D eigenvalue weighted by Gasteiger charge is -2.09. The van der Waals surface area contributed by atoms with Crippen molar-refractivity contribution in [2.24, 2.45) is 0 Å². The molecule has 3 aromatic rings. The number of fused-ring (bicyclic) bond motifs is 1. The summed E-state index contributed by atoms with van der Waals surface area (Å²) >= 11 is 6.15. The van der Waals surface area contributed by atoms with E-state index in [9.17, 15) is 4.79 Å². The number of amides is 1. The monoisotopic (exact) mass is 316 g/mol. The fourth-order valence-electron chi connectivity index (χ4n) is 2.11. The van der Waals surface area contributed by atoms with E-state index in [0.717, 1.165) is 10.8 Å². The molecule has 0 aliphatic rings. The molecule has 1 aromatic heterocycles. The van der Waals surface area contributed by atoms with Crippen molar-refractivity contribution >= 4 is 34.1 Å². The van der Waals surface area contributed by atoms with Crippen LogP contribution in [0.15, 0.2) is 47.0 Å². The van der Waals surface area contributed by atoms with Crippen LogP contribution in [-0.2, 0) is 4.79 Å². The first kappa shape index (κ1) is 14.4. The number of hydrogen-bond donors (Lipinski definition) is 1. The minimum absolute atomic E-state index is 0.127. The number of carbonyl (C=O) groups is 1. The summed E-state index contributed by atoms with van der Waals surface area (Å²) < 4.78 is 10.5. The number of anilines is 1. The zero-order valence-corrected chi connectivity index (χ0v) is 12.6. The molecule has 112 valence electrons. The van der Waals surface area contributed by atoms with E-state index in [1.165, 1.54) is 0 Å². The van der Waals surface area contributed by atoms with E-state index in [4.69, 9.17) is 20.9 Å². The van der Waals surface area contributed by atoms with Gasteiger partial charge in [-0.25, -0.2) is 0 Å². The fourth-order valence-corrected chi connectivity index (χ4v) is 2.34. The number of benzene rings is 2. The van der Waals surface area contributed by atoms with Gasteiger partial charge in [-0.2, -0.15) is 0 Å². The van der Waals surface area contributed by atoms with Crippen LogP contribution < -0.4 is 10.1 Å². The lowest BCUT2D eigenvalue weighted by atomic mass is 10.1. The Bertz CT molecular complexity index is 829. The van der Waals surface area contributed by atoms with E-state index >= 15 is 0 Å². The summed E-state index contributed by atoms with van der Waals surface area (Å²) in [5.41, 5.74) is 0. The van der Waals surface area contributed by atoms with E-state index in [-0.39, 0.29) is 12.5 Å². The second-order valence-corrected chi connectivity index (χ2v) is 5.16. The maximum Gasteiger partial charge on any atom is 0.263 e. The van der Waals surface area contributed by atoms with Crippen LogP contribution >= 0.6 is 11.6 Å². The third-order valence-electron chi connectivity index (χ3n) is 3.09. The SMILES string of the molecule is Cc1cc(NC(=O)COc2ccc(Cl)c3ccccc23)no1. The number of rotatable bonds is 4. The summed E-state index contributed by atoms with van der Waals surface area (Å²) in [5.74, 6) is 1.28. The van der Waals surface area contributed by atoms with Gasteiger partial charge in [-0.3, -0.25) is 4.79 Å². The predicted octanol–water partition coefficient (Wildman–Crippen LogP) is 3.81. The Morgan fingerprint density at radius 3 is 2.77 bits per heavy atom. The summed E-state index contributed by atoms with van der Waals surface area (Å²) in [6, 6.07) is 12.7. The van der Waals surface area contributed by atoms with Gasteiger partial charge in [0.15, 0.2) is 12.4 Å². The van der Waals surface area contributed by atoms with Crippen LogP contribution in [0, 0.1) is 6.92 Å². The van der Waals surface area contributed by atoms with Crippen molar-refractivity contribution < 1.29 is 14.1 Å². The van der Waals surface area contributed by atoms with Crippen molar-refractivity contribution in [3.8, 4) is 5.75 Å². The van der Waals surface area contributed by atoms with Gasteiger partial charge in [0.1, 0.15) is 11.5 Å². The van der Waals surface area contributed by atoms with Crippen LogP contribution in [0.2, 0.25) is 5.02 Å². The molecule has 0 saturated heterocycles. The van der Waals surface area contributed by atoms with Crippen LogP contribution in [0.25, 0.3) is 10.8 Å². The molecule has 0 spiro atoms. The molecule has 0 fully saturated rings. The highest BCUT2D eigenvalue weighted by atomic mass is 35.5. The van der Waals surface area contributed by atoms with Crippen molar-refractivity contribution in [1.29, 1.82) is 0 Å². The predicted molar refractivity (Wildman–Crippen MR) is 84.3 cm³/mol. The smallest absolute Gasteiger partial charge is 0.263 e. The Morgan fingerprint density at radius 2 is 2.05 bits per heavy atom. The minimum Gasteiger partial charge on any atom is -0.483 e. The second kappa shape index (κ2) is 6.07. The van der Waals surface area contributed by atoms with Gasteiger partial charge in [0, 0.05) is 21.9 Å². The summed E-state index contributed by atoms with van der Waals surface area (Å²) in [7, 11) is 0. The van der Waals surface area contributed by atoms with Crippen molar-refractivity contribution in [3.05, 3.63) is 53.2 Å². The summed E-state index contributed by atoms with van der Waals surface area (Å²) in [6.07, 6.45) is 0. The number of aryl methyl sites for hydroxylation is 1. The number of nitrogens with one attached hydrogen (secondary N) is 1. The number of nitrogens with zero attached hydrogens (tertiary/aromatic N) is 1. The average molecular weight is 317 g/mol. The van der Waals surface area contributed by atoms with Crippen LogP contribution in [0.1, 0.15) is 5.76 Å². The normalized spacial score (nSPS) is 10.6. The number of hydrogen-bond acceptors (Lipinski definition) is 4.